The zero-order valence-electron chi connectivity index (χ0n) is 19.8. The van der Waals surface area contributed by atoms with E-state index >= 15 is 0 Å². The van der Waals surface area contributed by atoms with Crippen molar-refractivity contribution in [2.45, 2.75) is 19.4 Å². The Bertz CT molecular complexity index is 1150. The Hall–Kier alpha value is -3.90. The lowest BCUT2D eigenvalue weighted by Crippen LogP contribution is -2.38. The molecule has 3 aromatic carbocycles. The van der Waals surface area contributed by atoms with E-state index in [0.717, 1.165) is 38.0 Å². The SMILES string of the molecule is Nc1ccccc1NC(=O)c1ccc(/C=C/C(=O)NCC2CCN(Cc3ccccc3)CC2)cc1. The van der Waals surface area contributed by atoms with Gasteiger partial charge in [-0.05, 0) is 73.3 Å². The molecule has 1 aliphatic heterocycles. The number of hydrogen-bond acceptors (Lipinski definition) is 4. The topological polar surface area (TPSA) is 87.5 Å². The number of nitrogens with two attached hydrogens (primary N) is 1. The van der Waals surface area contributed by atoms with Crippen LogP contribution in [0, 0.1) is 5.92 Å². The number of anilines is 2. The summed E-state index contributed by atoms with van der Waals surface area (Å²) in [5.74, 6) is 0.180. The molecule has 0 bridgehead atoms. The van der Waals surface area contributed by atoms with Crippen molar-refractivity contribution < 1.29 is 9.59 Å². The van der Waals surface area contributed by atoms with Crippen molar-refractivity contribution in [1.82, 2.24) is 10.2 Å². The quantitative estimate of drug-likeness (QED) is 0.334. The van der Waals surface area contributed by atoms with Crippen LogP contribution in [0.15, 0.2) is 84.9 Å². The summed E-state index contributed by atoms with van der Waals surface area (Å²) in [4.78, 5) is 27.2. The smallest absolute Gasteiger partial charge is 0.255 e. The first-order valence-corrected chi connectivity index (χ1v) is 12.0. The maximum absolute atomic E-state index is 12.4. The number of amides is 2. The molecule has 3 aromatic rings. The standard InChI is InChI=1S/C29H32N4O2/c30-26-8-4-5-9-27(26)32-29(35)25-13-10-22(11-14-25)12-15-28(34)31-20-23-16-18-33(19-17-23)21-24-6-2-1-3-7-24/h1-15,23H,16-21,30H2,(H,31,34)(H,32,35)/b15-12+. The fraction of sp³-hybridized carbons (Fsp3) is 0.241. The molecule has 6 heteroatoms. The predicted octanol–water partition coefficient (Wildman–Crippen LogP) is 4.56. The molecule has 0 atom stereocenters. The third-order valence-electron chi connectivity index (χ3n) is 6.33. The van der Waals surface area contributed by atoms with Crippen molar-refractivity contribution in [3.63, 3.8) is 0 Å². The molecule has 4 N–H and O–H groups in total. The number of likely N-dealkylation sites (tertiary alicyclic amines) is 1. The molecule has 0 saturated carbocycles. The minimum Gasteiger partial charge on any atom is -0.397 e. The third-order valence-corrected chi connectivity index (χ3v) is 6.33. The van der Waals surface area contributed by atoms with E-state index < -0.39 is 0 Å². The van der Waals surface area contributed by atoms with E-state index in [4.69, 9.17) is 5.73 Å². The van der Waals surface area contributed by atoms with Gasteiger partial charge in [0, 0.05) is 24.7 Å². The molecule has 2 amide bonds. The molecular formula is C29H32N4O2. The second-order valence-corrected chi connectivity index (χ2v) is 8.95. The summed E-state index contributed by atoms with van der Waals surface area (Å²) in [6.07, 6.45) is 5.49. The summed E-state index contributed by atoms with van der Waals surface area (Å²) in [5.41, 5.74) is 9.70. The second-order valence-electron chi connectivity index (χ2n) is 8.95. The predicted molar refractivity (Wildman–Crippen MR) is 142 cm³/mol. The Labute approximate surface area is 206 Å². The van der Waals surface area contributed by atoms with Crippen LogP contribution in [0.3, 0.4) is 0 Å². The zero-order valence-corrected chi connectivity index (χ0v) is 19.8. The highest BCUT2D eigenvalue weighted by Crippen LogP contribution is 2.19. The number of carbonyl (C=O) groups excluding carboxylic acids is 2. The molecule has 1 aliphatic rings. The van der Waals surface area contributed by atoms with Gasteiger partial charge in [0.25, 0.3) is 5.91 Å². The summed E-state index contributed by atoms with van der Waals surface area (Å²) >= 11 is 0. The molecule has 0 aromatic heterocycles. The zero-order chi connectivity index (χ0) is 24.5. The third kappa shape index (κ3) is 7.29. The van der Waals surface area contributed by atoms with Crippen LogP contribution in [0.2, 0.25) is 0 Å². The molecule has 1 fully saturated rings. The van der Waals surface area contributed by atoms with E-state index in [1.807, 2.05) is 30.3 Å². The van der Waals surface area contributed by atoms with Crippen molar-refractivity contribution >= 4 is 29.3 Å². The molecule has 0 aliphatic carbocycles. The van der Waals surface area contributed by atoms with Crippen molar-refractivity contribution in [2.75, 3.05) is 30.7 Å². The van der Waals surface area contributed by atoms with Gasteiger partial charge in [-0.25, -0.2) is 0 Å². The van der Waals surface area contributed by atoms with Crippen LogP contribution in [0.1, 0.15) is 34.3 Å². The summed E-state index contributed by atoms with van der Waals surface area (Å²) < 4.78 is 0. The number of benzene rings is 3. The largest absolute Gasteiger partial charge is 0.397 e. The molecular weight excluding hydrogens is 436 g/mol. The molecule has 35 heavy (non-hydrogen) atoms. The first kappa shape index (κ1) is 24.2. The van der Waals surface area contributed by atoms with Gasteiger partial charge in [0.1, 0.15) is 0 Å². The number of rotatable bonds is 8. The number of carbonyl (C=O) groups is 2. The number of piperidine rings is 1. The van der Waals surface area contributed by atoms with Gasteiger partial charge in [-0.3, -0.25) is 14.5 Å². The van der Waals surface area contributed by atoms with E-state index in [1.165, 1.54) is 5.56 Å². The fourth-order valence-electron chi connectivity index (χ4n) is 4.22. The van der Waals surface area contributed by atoms with Gasteiger partial charge in [0.2, 0.25) is 5.91 Å². The van der Waals surface area contributed by atoms with Crippen LogP contribution in [-0.4, -0.2) is 36.3 Å². The Balaban J connectivity index is 1.18. The minimum absolute atomic E-state index is 0.0990. The van der Waals surface area contributed by atoms with Crippen LogP contribution in [0.5, 0.6) is 0 Å². The summed E-state index contributed by atoms with van der Waals surface area (Å²) in [5, 5.41) is 5.84. The first-order valence-electron chi connectivity index (χ1n) is 12.0. The molecule has 180 valence electrons. The number of nitrogens with zero attached hydrogens (tertiary/aromatic N) is 1. The van der Waals surface area contributed by atoms with Gasteiger partial charge in [-0.1, -0.05) is 54.6 Å². The highest BCUT2D eigenvalue weighted by atomic mass is 16.2. The maximum atomic E-state index is 12.4. The van der Waals surface area contributed by atoms with Crippen molar-refractivity contribution in [2.24, 2.45) is 5.92 Å². The summed E-state index contributed by atoms with van der Waals surface area (Å²) in [6.45, 7) is 3.80. The second kappa shape index (κ2) is 12.0. The lowest BCUT2D eigenvalue weighted by atomic mass is 9.96. The lowest BCUT2D eigenvalue weighted by Gasteiger charge is -2.32. The molecule has 4 rings (SSSR count). The van der Waals surface area contributed by atoms with Crippen LogP contribution in [-0.2, 0) is 11.3 Å². The number of hydrogen-bond donors (Lipinski definition) is 3. The van der Waals surface area contributed by atoms with E-state index in [0.29, 0.717) is 29.4 Å². The average Bonchev–Trinajstić information content (AvgIpc) is 2.89. The maximum Gasteiger partial charge on any atom is 0.255 e. The van der Waals surface area contributed by atoms with Crippen LogP contribution in [0.25, 0.3) is 6.08 Å². The van der Waals surface area contributed by atoms with Gasteiger partial charge in [-0.2, -0.15) is 0 Å². The Morgan fingerprint density at radius 1 is 0.914 bits per heavy atom. The van der Waals surface area contributed by atoms with Crippen LogP contribution < -0.4 is 16.4 Å². The number of para-hydroxylation sites is 2. The van der Waals surface area contributed by atoms with Crippen molar-refractivity contribution in [3.8, 4) is 0 Å². The first-order chi connectivity index (χ1) is 17.1. The highest BCUT2D eigenvalue weighted by molar-refractivity contribution is 6.05. The van der Waals surface area contributed by atoms with Gasteiger partial charge < -0.3 is 16.4 Å². The molecule has 1 saturated heterocycles. The monoisotopic (exact) mass is 468 g/mol. The molecule has 1 heterocycles. The highest BCUT2D eigenvalue weighted by Gasteiger charge is 2.19. The molecule has 0 unspecified atom stereocenters. The fourth-order valence-corrected chi connectivity index (χ4v) is 4.22. The van der Waals surface area contributed by atoms with Crippen LogP contribution >= 0.6 is 0 Å². The Morgan fingerprint density at radius 2 is 1.60 bits per heavy atom. The number of nitrogens with one attached hydrogen (secondary N) is 2. The minimum atomic E-state index is -0.231. The van der Waals surface area contributed by atoms with Gasteiger partial charge in [-0.15, -0.1) is 0 Å². The van der Waals surface area contributed by atoms with Gasteiger partial charge >= 0.3 is 0 Å². The molecule has 0 spiro atoms. The normalized spacial score (nSPS) is 14.6. The van der Waals surface area contributed by atoms with Crippen LogP contribution in [0.4, 0.5) is 11.4 Å². The van der Waals surface area contributed by atoms with Gasteiger partial charge in [0.15, 0.2) is 0 Å². The van der Waals surface area contributed by atoms with Crippen molar-refractivity contribution in [3.05, 3.63) is 102 Å². The number of nitrogen functional groups attached to an aromatic ring is 1. The van der Waals surface area contributed by atoms with Gasteiger partial charge in [0.05, 0.1) is 11.4 Å². The molecule has 0 radical (unpaired) electrons. The average molecular weight is 469 g/mol. The Kier molecular flexibility index (Phi) is 8.30. The van der Waals surface area contributed by atoms with E-state index in [2.05, 4.69) is 39.8 Å². The van der Waals surface area contributed by atoms with E-state index in [9.17, 15) is 9.59 Å². The summed E-state index contributed by atoms with van der Waals surface area (Å²) in [6, 6.07) is 24.8. The Morgan fingerprint density at radius 3 is 2.31 bits per heavy atom. The van der Waals surface area contributed by atoms with Crippen molar-refractivity contribution in [1.29, 1.82) is 0 Å². The summed E-state index contributed by atoms with van der Waals surface area (Å²) in [7, 11) is 0. The molecule has 6 nitrogen and oxygen atoms in total. The van der Waals surface area contributed by atoms with E-state index in [1.54, 1.807) is 36.4 Å². The lowest BCUT2D eigenvalue weighted by molar-refractivity contribution is -0.116. The van der Waals surface area contributed by atoms with E-state index in [-0.39, 0.29) is 11.8 Å².